The molecule has 0 radical (unpaired) electrons. The van der Waals surface area contributed by atoms with E-state index in [1.54, 1.807) is 11.3 Å². The number of rotatable bonds is 4. The number of aromatic nitrogens is 1. The molecule has 2 aromatic heterocycles. The molecule has 1 amide bonds. The average molecular weight is 316 g/mol. The lowest BCUT2D eigenvalue weighted by Crippen LogP contribution is -2.17. The van der Waals surface area contributed by atoms with Crippen molar-refractivity contribution in [3.63, 3.8) is 0 Å². The molecule has 1 saturated carbocycles. The lowest BCUT2D eigenvalue weighted by molar-refractivity contribution is 0.1000. The van der Waals surface area contributed by atoms with Crippen LogP contribution in [0.15, 0.2) is 17.5 Å². The van der Waals surface area contributed by atoms with Crippen LogP contribution in [0.25, 0.3) is 10.4 Å². The van der Waals surface area contributed by atoms with Gasteiger partial charge in [0, 0.05) is 28.4 Å². The van der Waals surface area contributed by atoms with Crippen LogP contribution in [0, 0.1) is 19.8 Å². The Kier molecular flexibility index (Phi) is 4.39. The second-order valence-corrected chi connectivity index (χ2v) is 7.32. The summed E-state index contributed by atoms with van der Waals surface area (Å²) in [4.78, 5) is 13.1. The second kappa shape index (κ2) is 6.29. The van der Waals surface area contributed by atoms with E-state index in [9.17, 15) is 4.79 Å². The summed E-state index contributed by atoms with van der Waals surface area (Å²) in [6.07, 6.45) is 6.65. The molecule has 1 aliphatic rings. The molecule has 2 N–H and O–H groups in total. The van der Waals surface area contributed by atoms with Crippen LogP contribution in [0.4, 0.5) is 0 Å². The second-order valence-electron chi connectivity index (χ2n) is 6.38. The normalized spacial score (nSPS) is 16.1. The van der Waals surface area contributed by atoms with E-state index >= 15 is 0 Å². The van der Waals surface area contributed by atoms with Gasteiger partial charge in [-0.15, -0.1) is 11.3 Å². The van der Waals surface area contributed by atoms with E-state index in [1.807, 2.05) is 18.4 Å². The van der Waals surface area contributed by atoms with Crippen molar-refractivity contribution in [1.29, 1.82) is 0 Å². The van der Waals surface area contributed by atoms with Crippen LogP contribution < -0.4 is 5.73 Å². The SMILES string of the molecule is Cc1c(C(N)=O)c(-c2cccs2)c(C)n1CC1CCCCC1. The van der Waals surface area contributed by atoms with Crippen molar-refractivity contribution in [3.8, 4) is 10.4 Å². The van der Waals surface area contributed by atoms with Gasteiger partial charge in [0.2, 0.25) is 0 Å². The number of carbonyl (C=O) groups is 1. The quantitative estimate of drug-likeness (QED) is 0.886. The van der Waals surface area contributed by atoms with E-state index in [0.29, 0.717) is 5.56 Å². The lowest BCUT2D eigenvalue weighted by atomic mass is 9.89. The third-order valence-corrected chi connectivity index (χ3v) is 5.85. The van der Waals surface area contributed by atoms with Crippen LogP contribution in [-0.4, -0.2) is 10.5 Å². The summed E-state index contributed by atoms with van der Waals surface area (Å²) in [6, 6.07) is 4.10. The van der Waals surface area contributed by atoms with Crippen molar-refractivity contribution in [2.75, 3.05) is 0 Å². The van der Waals surface area contributed by atoms with Gasteiger partial charge < -0.3 is 10.3 Å². The number of amides is 1. The highest BCUT2D eigenvalue weighted by molar-refractivity contribution is 7.13. The molecule has 2 heterocycles. The maximum absolute atomic E-state index is 12.0. The molecule has 0 aromatic carbocycles. The molecule has 4 heteroatoms. The third-order valence-electron chi connectivity index (χ3n) is 4.96. The van der Waals surface area contributed by atoms with E-state index in [2.05, 4.69) is 17.6 Å². The first kappa shape index (κ1) is 15.3. The lowest BCUT2D eigenvalue weighted by Gasteiger charge is -2.23. The Balaban J connectivity index is 2.03. The van der Waals surface area contributed by atoms with Gasteiger partial charge in [-0.1, -0.05) is 25.3 Å². The summed E-state index contributed by atoms with van der Waals surface area (Å²) in [5.41, 5.74) is 9.64. The number of hydrogen-bond donors (Lipinski definition) is 1. The van der Waals surface area contributed by atoms with Gasteiger partial charge in [-0.05, 0) is 44.1 Å². The monoisotopic (exact) mass is 316 g/mol. The Hall–Kier alpha value is -1.55. The van der Waals surface area contributed by atoms with Gasteiger partial charge in [-0.25, -0.2) is 0 Å². The molecule has 1 fully saturated rings. The zero-order valence-corrected chi connectivity index (χ0v) is 14.2. The maximum Gasteiger partial charge on any atom is 0.251 e. The summed E-state index contributed by atoms with van der Waals surface area (Å²) >= 11 is 1.67. The van der Waals surface area contributed by atoms with Gasteiger partial charge in [0.15, 0.2) is 0 Å². The minimum absolute atomic E-state index is 0.314. The van der Waals surface area contributed by atoms with Crippen LogP contribution in [-0.2, 0) is 6.54 Å². The summed E-state index contributed by atoms with van der Waals surface area (Å²) in [5, 5.41) is 2.05. The topological polar surface area (TPSA) is 48.0 Å². The van der Waals surface area contributed by atoms with Crippen molar-refractivity contribution in [2.45, 2.75) is 52.5 Å². The zero-order valence-electron chi connectivity index (χ0n) is 13.4. The van der Waals surface area contributed by atoms with Crippen LogP contribution in [0.5, 0.6) is 0 Å². The highest BCUT2D eigenvalue weighted by Crippen LogP contribution is 2.36. The van der Waals surface area contributed by atoms with Crippen molar-refractivity contribution in [1.82, 2.24) is 4.57 Å². The number of nitrogens with two attached hydrogens (primary N) is 1. The first-order valence-corrected chi connectivity index (χ1v) is 9.01. The Bertz CT molecular complexity index is 664. The predicted octanol–water partition coefficient (Wildman–Crippen LogP) is 4.51. The molecule has 0 bridgehead atoms. The number of nitrogens with zero attached hydrogens (tertiary/aromatic N) is 1. The summed E-state index contributed by atoms with van der Waals surface area (Å²) in [7, 11) is 0. The van der Waals surface area contributed by atoms with Crippen molar-refractivity contribution >= 4 is 17.2 Å². The maximum atomic E-state index is 12.0. The van der Waals surface area contributed by atoms with Gasteiger partial charge in [-0.3, -0.25) is 4.79 Å². The number of hydrogen-bond acceptors (Lipinski definition) is 2. The van der Waals surface area contributed by atoms with Crippen LogP contribution in [0.3, 0.4) is 0 Å². The third kappa shape index (κ3) is 2.72. The Labute approximate surface area is 136 Å². The molecule has 1 aliphatic carbocycles. The fourth-order valence-corrected chi connectivity index (χ4v) is 4.64. The van der Waals surface area contributed by atoms with Gasteiger partial charge in [-0.2, -0.15) is 0 Å². The highest BCUT2D eigenvalue weighted by Gasteiger charge is 2.25. The van der Waals surface area contributed by atoms with Crippen LogP contribution >= 0.6 is 11.3 Å². The van der Waals surface area contributed by atoms with Crippen molar-refractivity contribution in [3.05, 3.63) is 34.5 Å². The minimum atomic E-state index is -0.314. The van der Waals surface area contributed by atoms with Gasteiger partial charge in [0.1, 0.15) is 0 Å². The molecular weight excluding hydrogens is 292 g/mol. The molecular formula is C18H24N2OS. The first-order valence-electron chi connectivity index (χ1n) is 8.13. The molecule has 22 heavy (non-hydrogen) atoms. The van der Waals surface area contributed by atoms with Gasteiger partial charge in [0.05, 0.1) is 5.56 Å². The zero-order chi connectivity index (χ0) is 15.7. The number of carbonyl (C=O) groups excluding carboxylic acids is 1. The Morgan fingerprint density at radius 2 is 2.00 bits per heavy atom. The summed E-state index contributed by atoms with van der Waals surface area (Å²) < 4.78 is 2.32. The Morgan fingerprint density at radius 1 is 1.27 bits per heavy atom. The minimum Gasteiger partial charge on any atom is -0.366 e. The van der Waals surface area contributed by atoms with E-state index in [1.165, 1.54) is 37.8 Å². The first-order chi connectivity index (χ1) is 10.6. The predicted molar refractivity (Wildman–Crippen MR) is 92.3 cm³/mol. The highest BCUT2D eigenvalue weighted by atomic mass is 32.1. The Morgan fingerprint density at radius 3 is 2.59 bits per heavy atom. The smallest absolute Gasteiger partial charge is 0.251 e. The molecule has 3 nitrogen and oxygen atoms in total. The van der Waals surface area contributed by atoms with Crippen molar-refractivity contribution in [2.24, 2.45) is 11.7 Å². The van der Waals surface area contributed by atoms with Crippen LogP contribution in [0.1, 0.15) is 53.8 Å². The molecule has 0 atom stereocenters. The van der Waals surface area contributed by atoms with E-state index in [-0.39, 0.29) is 5.91 Å². The van der Waals surface area contributed by atoms with E-state index < -0.39 is 0 Å². The standard InChI is InChI=1S/C18H24N2OS/c1-12-16(15-9-6-10-22-15)17(18(19)21)13(2)20(12)11-14-7-4-3-5-8-14/h6,9-10,14H,3-5,7-8,11H2,1-2H3,(H2,19,21). The van der Waals surface area contributed by atoms with Gasteiger partial charge >= 0.3 is 0 Å². The van der Waals surface area contributed by atoms with E-state index in [0.717, 1.165) is 28.6 Å². The molecule has 0 unspecified atom stereocenters. The summed E-state index contributed by atoms with van der Waals surface area (Å²) in [6.45, 7) is 5.17. The average Bonchev–Trinajstić information content (AvgIpc) is 3.10. The molecule has 0 aliphatic heterocycles. The molecule has 3 rings (SSSR count). The fourth-order valence-electron chi connectivity index (χ4n) is 3.81. The number of primary amides is 1. The van der Waals surface area contributed by atoms with Crippen LogP contribution in [0.2, 0.25) is 0 Å². The fraction of sp³-hybridized carbons (Fsp3) is 0.500. The molecule has 0 spiro atoms. The molecule has 118 valence electrons. The van der Waals surface area contributed by atoms with Gasteiger partial charge in [0.25, 0.3) is 5.91 Å². The largest absolute Gasteiger partial charge is 0.366 e. The molecule has 0 saturated heterocycles. The van der Waals surface area contributed by atoms with Crippen molar-refractivity contribution < 1.29 is 4.79 Å². The van der Waals surface area contributed by atoms with E-state index in [4.69, 9.17) is 5.73 Å². The molecule has 2 aromatic rings. The number of thiophene rings is 1. The summed E-state index contributed by atoms with van der Waals surface area (Å²) in [5.74, 6) is 0.418.